The van der Waals surface area contributed by atoms with Gasteiger partial charge >= 0.3 is 5.95 Å². The largest absolute Gasteiger partial charge is 0.494 e. The van der Waals surface area contributed by atoms with Crippen molar-refractivity contribution in [1.29, 1.82) is 0 Å². The molecular formula is C13H26O4. The summed E-state index contributed by atoms with van der Waals surface area (Å²) in [7, 11) is 4.78. The van der Waals surface area contributed by atoms with E-state index in [1.54, 1.807) is 21.3 Å². The summed E-state index contributed by atoms with van der Waals surface area (Å²) in [5.74, 6) is 1.17. The molecule has 4 heteroatoms. The average Bonchev–Trinajstić information content (AvgIpc) is 2.36. The quantitative estimate of drug-likeness (QED) is 0.318. The smallest absolute Gasteiger partial charge is 0.320 e. The van der Waals surface area contributed by atoms with Crippen molar-refractivity contribution in [3.05, 3.63) is 11.7 Å². The SMILES string of the molecule is CCCCCCC/C(OC)=C(\OC)OCOC. The van der Waals surface area contributed by atoms with Crippen molar-refractivity contribution in [2.45, 2.75) is 45.4 Å². The molecule has 0 aromatic carbocycles. The van der Waals surface area contributed by atoms with Gasteiger partial charge in [-0.2, -0.15) is 0 Å². The van der Waals surface area contributed by atoms with Crippen molar-refractivity contribution in [3.8, 4) is 0 Å². The zero-order chi connectivity index (χ0) is 12.9. The third kappa shape index (κ3) is 7.91. The van der Waals surface area contributed by atoms with Gasteiger partial charge in [0, 0.05) is 13.5 Å². The van der Waals surface area contributed by atoms with E-state index in [4.69, 9.17) is 18.9 Å². The molecule has 0 fully saturated rings. The lowest BCUT2D eigenvalue weighted by Gasteiger charge is -2.13. The fourth-order valence-electron chi connectivity index (χ4n) is 1.54. The van der Waals surface area contributed by atoms with Gasteiger partial charge in [-0.3, -0.25) is 0 Å². The number of ether oxygens (including phenoxy) is 4. The van der Waals surface area contributed by atoms with E-state index >= 15 is 0 Å². The molecule has 0 saturated heterocycles. The molecule has 0 aliphatic carbocycles. The highest BCUT2D eigenvalue weighted by Crippen LogP contribution is 2.16. The van der Waals surface area contributed by atoms with E-state index in [-0.39, 0.29) is 6.79 Å². The van der Waals surface area contributed by atoms with Crippen LogP contribution < -0.4 is 0 Å². The number of rotatable bonds is 11. The third-order valence-electron chi connectivity index (χ3n) is 2.47. The van der Waals surface area contributed by atoms with E-state index in [1.807, 2.05) is 0 Å². The van der Waals surface area contributed by atoms with Gasteiger partial charge in [0.15, 0.2) is 12.6 Å². The van der Waals surface area contributed by atoms with Crippen molar-refractivity contribution in [3.63, 3.8) is 0 Å². The predicted molar refractivity (Wildman–Crippen MR) is 67.4 cm³/mol. The maximum atomic E-state index is 5.28. The highest BCUT2D eigenvalue weighted by atomic mass is 16.7. The molecule has 0 bridgehead atoms. The van der Waals surface area contributed by atoms with E-state index in [1.165, 1.54) is 25.7 Å². The Morgan fingerprint density at radius 1 is 0.882 bits per heavy atom. The van der Waals surface area contributed by atoms with Crippen LogP contribution in [0.1, 0.15) is 45.4 Å². The molecular weight excluding hydrogens is 220 g/mol. The first-order valence-electron chi connectivity index (χ1n) is 6.23. The Hall–Kier alpha value is -0.900. The zero-order valence-corrected chi connectivity index (χ0v) is 11.6. The number of methoxy groups -OCH3 is 3. The molecule has 0 atom stereocenters. The van der Waals surface area contributed by atoms with Crippen LogP contribution in [-0.4, -0.2) is 28.1 Å². The minimum Gasteiger partial charge on any atom is -0.494 e. The lowest BCUT2D eigenvalue weighted by atomic mass is 10.1. The summed E-state index contributed by atoms with van der Waals surface area (Å²) in [4.78, 5) is 0. The van der Waals surface area contributed by atoms with Gasteiger partial charge in [0.2, 0.25) is 0 Å². The van der Waals surface area contributed by atoms with Crippen molar-refractivity contribution in [1.82, 2.24) is 0 Å². The maximum absolute atomic E-state index is 5.28. The van der Waals surface area contributed by atoms with Gasteiger partial charge in [0.05, 0.1) is 14.2 Å². The van der Waals surface area contributed by atoms with Crippen LogP contribution in [0.3, 0.4) is 0 Å². The van der Waals surface area contributed by atoms with Crippen LogP contribution in [0.2, 0.25) is 0 Å². The molecule has 17 heavy (non-hydrogen) atoms. The first-order chi connectivity index (χ1) is 8.29. The average molecular weight is 246 g/mol. The van der Waals surface area contributed by atoms with Crippen molar-refractivity contribution in [2.24, 2.45) is 0 Å². The molecule has 0 N–H and O–H groups in total. The normalized spacial score (nSPS) is 12.0. The molecule has 0 heterocycles. The summed E-state index contributed by atoms with van der Waals surface area (Å²) in [6, 6.07) is 0. The second-order valence-corrected chi connectivity index (χ2v) is 3.83. The predicted octanol–water partition coefficient (Wildman–Crippen LogP) is 3.43. The number of hydrogen-bond acceptors (Lipinski definition) is 4. The lowest BCUT2D eigenvalue weighted by Crippen LogP contribution is -2.04. The van der Waals surface area contributed by atoms with Gasteiger partial charge in [0.25, 0.3) is 0 Å². The fourth-order valence-corrected chi connectivity index (χ4v) is 1.54. The van der Waals surface area contributed by atoms with Crippen LogP contribution in [0, 0.1) is 0 Å². The van der Waals surface area contributed by atoms with Gasteiger partial charge in [-0.15, -0.1) is 0 Å². The van der Waals surface area contributed by atoms with Crippen LogP contribution >= 0.6 is 0 Å². The summed E-state index contributed by atoms with van der Waals surface area (Å²) >= 11 is 0. The molecule has 0 rings (SSSR count). The Bertz CT molecular complexity index is 202. The Morgan fingerprint density at radius 3 is 2.12 bits per heavy atom. The molecule has 0 spiro atoms. The van der Waals surface area contributed by atoms with Gasteiger partial charge in [-0.25, -0.2) is 0 Å². The van der Waals surface area contributed by atoms with E-state index in [0.29, 0.717) is 5.95 Å². The second-order valence-electron chi connectivity index (χ2n) is 3.83. The minimum atomic E-state index is 0.172. The van der Waals surface area contributed by atoms with Gasteiger partial charge < -0.3 is 18.9 Å². The Labute approximate surface area is 105 Å². The standard InChI is InChI=1S/C13H26O4/c1-5-6-7-8-9-10-12(15-3)13(16-4)17-11-14-2/h5-11H2,1-4H3/b13-12-. The molecule has 0 aromatic rings. The summed E-state index contributed by atoms with van der Waals surface area (Å²) in [5, 5.41) is 0. The highest BCUT2D eigenvalue weighted by Gasteiger charge is 2.09. The van der Waals surface area contributed by atoms with E-state index in [2.05, 4.69) is 6.92 Å². The zero-order valence-electron chi connectivity index (χ0n) is 11.6. The monoisotopic (exact) mass is 246 g/mol. The highest BCUT2D eigenvalue weighted by molar-refractivity contribution is 4.94. The molecule has 102 valence electrons. The Morgan fingerprint density at radius 2 is 1.59 bits per heavy atom. The van der Waals surface area contributed by atoms with Crippen molar-refractivity contribution >= 4 is 0 Å². The number of hydrogen-bond donors (Lipinski definition) is 0. The number of unbranched alkanes of at least 4 members (excludes halogenated alkanes) is 4. The lowest BCUT2D eigenvalue weighted by molar-refractivity contribution is -0.0570. The fraction of sp³-hybridized carbons (Fsp3) is 0.846. The summed E-state index contributed by atoms with van der Waals surface area (Å²) < 4.78 is 20.5. The van der Waals surface area contributed by atoms with E-state index < -0.39 is 0 Å². The topological polar surface area (TPSA) is 36.9 Å². The maximum Gasteiger partial charge on any atom is 0.320 e. The van der Waals surface area contributed by atoms with Crippen molar-refractivity contribution in [2.75, 3.05) is 28.1 Å². The molecule has 0 aromatic heterocycles. The molecule has 0 aliphatic rings. The van der Waals surface area contributed by atoms with Gasteiger partial charge in [0.1, 0.15) is 0 Å². The van der Waals surface area contributed by atoms with Crippen LogP contribution in [0.25, 0.3) is 0 Å². The van der Waals surface area contributed by atoms with Crippen LogP contribution in [0.15, 0.2) is 11.7 Å². The van der Waals surface area contributed by atoms with Gasteiger partial charge in [-0.05, 0) is 6.42 Å². The Kier molecular flexibility index (Phi) is 11.0. The van der Waals surface area contributed by atoms with Gasteiger partial charge in [-0.1, -0.05) is 32.6 Å². The van der Waals surface area contributed by atoms with Crippen LogP contribution in [-0.2, 0) is 18.9 Å². The molecule has 0 unspecified atom stereocenters. The first kappa shape index (κ1) is 16.1. The molecule has 4 nitrogen and oxygen atoms in total. The summed E-state index contributed by atoms with van der Waals surface area (Å²) in [6.45, 7) is 2.38. The molecule has 0 radical (unpaired) electrons. The molecule has 0 saturated carbocycles. The molecule has 0 amide bonds. The van der Waals surface area contributed by atoms with Crippen molar-refractivity contribution < 1.29 is 18.9 Å². The second kappa shape index (κ2) is 11.6. The first-order valence-corrected chi connectivity index (χ1v) is 6.23. The summed E-state index contributed by atoms with van der Waals surface area (Å²) in [6.07, 6.45) is 6.97. The Balaban J connectivity index is 4.02. The molecule has 0 aliphatic heterocycles. The van der Waals surface area contributed by atoms with E-state index in [9.17, 15) is 0 Å². The van der Waals surface area contributed by atoms with E-state index in [0.717, 1.165) is 18.6 Å². The number of allylic oxidation sites excluding steroid dienone is 1. The summed E-state index contributed by atoms with van der Waals surface area (Å²) in [5.41, 5.74) is 0. The minimum absolute atomic E-state index is 0.172. The van der Waals surface area contributed by atoms with Crippen LogP contribution in [0.4, 0.5) is 0 Å². The van der Waals surface area contributed by atoms with Crippen LogP contribution in [0.5, 0.6) is 0 Å². The third-order valence-corrected chi connectivity index (χ3v) is 2.47.